The highest BCUT2D eigenvalue weighted by atomic mass is 16.5. The first kappa shape index (κ1) is 14.4. The average Bonchev–Trinajstić information content (AvgIpc) is 3.33. The summed E-state index contributed by atoms with van der Waals surface area (Å²) in [5.41, 5.74) is 7.00. The van der Waals surface area contributed by atoms with E-state index in [2.05, 4.69) is 23.6 Å². The Hall–Kier alpha value is -0.160. The second kappa shape index (κ2) is 4.92. The average molecular weight is 293 g/mol. The van der Waals surface area contributed by atoms with Gasteiger partial charge in [-0.3, -0.25) is 9.80 Å². The van der Waals surface area contributed by atoms with Gasteiger partial charge >= 0.3 is 0 Å². The van der Waals surface area contributed by atoms with Gasteiger partial charge in [-0.2, -0.15) is 0 Å². The summed E-state index contributed by atoms with van der Waals surface area (Å²) in [7, 11) is 0. The van der Waals surface area contributed by atoms with Crippen LogP contribution >= 0.6 is 0 Å². The summed E-state index contributed by atoms with van der Waals surface area (Å²) in [5, 5.41) is 0. The monoisotopic (exact) mass is 293 g/mol. The highest BCUT2D eigenvalue weighted by Crippen LogP contribution is 2.57. The summed E-state index contributed by atoms with van der Waals surface area (Å²) in [5.74, 6) is 0.572. The van der Waals surface area contributed by atoms with Crippen molar-refractivity contribution < 1.29 is 4.74 Å². The summed E-state index contributed by atoms with van der Waals surface area (Å²) in [4.78, 5) is 5.30. The Labute approximate surface area is 129 Å². The Kier molecular flexibility index (Phi) is 3.38. The number of nitrogens with two attached hydrogens (primary N) is 1. The van der Waals surface area contributed by atoms with Crippen LogP contribution in [0.1, 0.15) is 39.5 Å². The van der Waals surface area contributed by atoms with Gasteiger partial charge in [0.2, 0.25) is 0 Å². The minimum atomic E-state index is -0.0557. The van der Waals surface area contributed by atoms with Crippen molar-refractivity contribution in [1.82, 2.24) is 9.80 Å². The maximum absolute atomic E-state index is 6.94. The molecule has 0 radical (unpaired) electrons. The van der Waals surface area contributed by atoms with Crippen LogP contribution in [0.4, 0.5) is 0 Å². The lowest BCUT2D eigenvalue weighted by molar-refractivity contribution is -0.232. The molecule has 2 saturated heterocycles. The van der Waals surface area contributed by atoms with Crippen LogP contribution in [0.5, 0.6) is 0 Å². The fraction of sp³-hybridized carbons (Fsp3) is 1.00. The predicted octanol–water partition coefficient (Wildman–Crippen LogP) is 1.30. The molecule has 4 rings (SSSR count). The third-order valence-electron chi connectivity index (χ3n) is 6.85. The minimum absolute atomic E-state index is 0.0557. The van der Waals surface area contributed by atoms with Crippen molar-refractivity contribution in [3.05, 3.63) is 0 Å². The maximum Gasteiger partial charge on any atom is 0.0690 e. The van der Waals surface area contributed by atoms with Crippen LogP contribution in [0.25, 0.3) is 0 Å². The number of hydrogen-bond acceptors (Lipinski definition) is 4. The molecule has 0 bridgehead atoms. The fourth-order valence-corrected chi connectivity index (χ4v) is 5.08. The molecule has 0 amide bonds. The molecule has 4 nitrogen and oxygen atoms in total. The van der Waals surface area contributed by atoms with E-state index in [0.29, 0.717) is 12.0 Å². The van der Waals surface area contributed by atoms with Crippen molar-refractivity contribution >= 4 is 0 Å². The Bertz CT molecular complexity index is 401. The van der Waals surface area contributed by atoms with Crippen LogP contribution in [0.3, 0.4) is 0 Å². The number of rotatable bonds is 3. The standard InChI is InChI=1S/C17H31N3O/c1-16(2)15-14(4-3-11-21-15)17(16,18)12-19-7-9-20(10-8-19)13-5-6-13/h13-15H,3-12,18H2,1-2H3. The van der Waals surface area contributed by atoms with Crippen LogP contribution in [-0.4, -0.2) is 66.8 Å². The number of nitrogens with zero attached hydrogens (tertiary/aromatic N) is 2. The van der Waals surface area contributed by atoms with E-state index in [4.69, 9.17) is 10.5 Å². The lowest BCUT2D eigenvalue weighted by Gasteiger charge is -2.67. The number of fused-ring (bicyclic) bond motifs is 1. The molecule has 120 valence electrons. The van der Waals surface area contributed by atoms with Gasteiger partial charge in [0.25, 0.3) is 0 Å². The molecule has 2 N–H and O–H groups in total. The normalized spacial score (nSPS) is 44.1. The number of hydrogen-bond donors (Lipinski definition) is 1. The van der Waals surface area contributed by atoms with Gasteiger partial charge in [0.1, 0.15) is 0 Å². The molecule has 0 aromatic carbocycles. The van der Waals surface area contributed by atoms with Crippen molar-refractivity contribution in [3.63, 3.8) is 0 Å². The van der Waals surface area contributed by atoms with Gasteiger partial charge in [0.15, 0.2) is 0 Å². The molecule has 2 heterocycles. The van der Waals surface area contributed by atoms with Gasteiger partial charge in [-0.1, -0.05) is 13.8 Å². The zero-order valence-corrected chi connectivity index (χ0v) is 13.7. The van der Waals surface area contributed by atoms with E-state index in [-0.39, 0.29) is 11.0 Å². The second-order valence-electron chi connectivity index (χ2n) is 8.35. The molecule has 3 unspecified atom stereocenters. The topological polar surface area (TPSA) is 41.7 Å². The molecule has 2 aliphatic carbocycles. The van der Waals surface area contributed by atoms with Crippen molar-refractivity contribution in [2.75, 3.05) is 39.3 Å². The molecule has 4 fully saturated rings. The van der Waals surface area contributed by atoms with Crippen molar-refractivity contribution in [2.24, 2.45) is 17.1 Å². The number of piperazine rings is 1. The molecule has 0 aromatic rings. The Morgan fingerprint density at radius 1 is 1.10 bits per heavy atom. The molecular formula is C17H31N3O. The van der Waals surface area contributed by atoms with Gasteiger partial charge in [-0.25, -0.2) is 0 Å². The predicted molar refractivity (Wildman–Crippen MR) is 84.2 cm³/mol. The first-order chi connectivity index (χ1) is 10.0. The van der Waals surface area contributed by atoms with E-state index in [9.17, 15) is 0 Å². The summed E-state index contributed by atoms with van der Waals surface area (Å²) >= 11 is 0. The second-order valence-corrected chi connectivity index (χ2v) is 8.35. The summed E-state index contributed by atoms with van der Waals surface area (Å²) in [6.45, 7) is 11.5. The van der Waals surface area contributed by atoms with Gasteiger partial charge < -0.3 is 10.5 Å². The Morgan fingerprint density at radius 2 is 1.81 bits per heavy atom. The number of ether oxygens (including phenoxy) is 1. The highest BCUT2D eigenvalue weighted by molar-refractivity contribution is 5.21. The van der Waals surface area contributed by atoms with Crippen LogP contribution in [0.15, 0.2) is 0 Å². The van der Waals surface area contributed by atoms with E-state index >= 15 is 0 Å². The highest BCUT2D eigenvalue weighted by Gasteiger charge is 2.66. The Morgan fingerprint density at radius 3 is 2.48 bits per heavy atom. The van der Waals surface area contributed by atoms with Crippen LogP contribution in [0.2, 0.25) is 0 Å². The molecule has 2 saturated carbocycles. The molecule has 21 heavy (non-hydrogen) atoms. The SMILES string of the molecule is CC1(C)C2OCCCC2C1(N)CN1CCN(C2CC2)CC1. The van der Waals surface area contributed by atoms with Crippen LogP contribution < -0.4 is 5.73 Å². The summed E-state index contributed by atoms with van der Waals surface area (Å²) in [6.07, 6.45) is 5.69. The largest absolute Gasteiger partial charge is 0.377 e. The lowest BCUT2D eigenvalue weighted by atomic mass is 9.46. The quantitative estimate of drug-likeness (QED) is 0.852. The fourth-order valence-electron chi connectivity index (χ4n) is 5.08. The van der Waals surface area contributed by atoms with Gasteiger partial charge in [-0.05, 0) is 25.7 Å². The van der Waals surface area contributed by atoms with Gasteiger partial charge in [0, 0.05) is 62.2 Å². The van der Waals surface area contributed by atoms with E-state index in [1.807, 2.05) is 0 Å². The molecule has 3 atom stereocenters. The Balaban J connectivity index is 1.39. The molecule has 4 aliphatic rings. The molecule has 0 spiro atoms. The lowest BCUT2D eigenvalue weighted by Crippen LogP contribution is -2.80. The molecule has 4 heteroatoms. The zero-order valence-electron chi connectivity index (χ0n) is 13.7. The van der Waals surface area contributed by atoms with Crippen molar-refractivity contribution in [2.45, 2.75) is 57.2 Å². The van der Waals surface area contributed by atoms with E-state index in [1.165, 1.54) is 51.9 Å². The third-order valence-corrected chi connectivity index (χ3v) is 6.85. The first-order valence-electron chi connectivity index (χ1n) is 8.89. The smallest absolute Gasteiger partial charge is 0.0690 e. The maximum atomic E-state index is 6.94. The van der Waals surface area contributed by atoms with E-state index in [1.54, 1.807) is 0 Å². The van der Waals surface area contributed by atoms with Crippen LogP contribution in [0, 0.1) is 11.3 Å². The summed E-state index contributed by atoms with van der Waals surface area (Å²) < 4.78 is 6.03. The van der Waals surface area contributed by atoms with Gasteiger partial charge in [-0.15, -0.1) is 0 Å². The first-order valence-corrected chi connectivity index (χ1v) is 8.89. The molecule has 2 aliphatic heterocycles. The van der Waals surface area contributed by atoms with E-state index < -0.39 is 0 Å². The third kappa shape index (κ3) is 2.18. The summed E-state index contributed by atoms with van der Waals surface area (Å²) in [6, 6.07) is 0.912. The van der Waals surface area contributed by atoms with E-state index in [0.717, 1.165) is 19.2 Å². The van der Waals surface area contributed by atoms with Gasteiger partial charge in [0.05, 0.1) is 6.10 Å². The minimum Gasteiger partial charge on any atom is -0.377 e. The molecular weight excluding hydrogens is 262 g/mol. The zero-order chi connectivity index (χ0) is 14.7. The van der Waals surface area contributed by atoms with Crippen molar-refractivity contribution in [1.29, 1.82) is 0 Å². The van der Waals surface area contributed by atoms with Crippen molar-refractivity contribution in [3.8, 4) is 0 Å². The molecule has 0 aromatic heterocycles. The van der Waals surface area contributed by atoms with Crippen LogP contribution in [-0.2, 0) is 4.74 Å².